The van der Waals surface area contributed by atoms with Crippen LogP contribution < -0.4 is 0 Å². The average molecular weight is 323 g/mol. The first-order valence-corrected chi connectivity index (χ1v) is 8.11. The van der Waals surface area contributed by atoms with Crippen LogP contribution in [-0.4, -0.2) is 35.6 Å². The maximum absolute atomic E-state index is 11.4. The van der Waals surface area contributed by atoms with E-state index in [9.17, 15) is 9.90 Å². The zero-order chi connectivity index (χ0) is 16.5. The van der Waals surface area contributed by atoms with Gasteiger partial charge in [0.1, 0.15) is 11.9 Å². The zero-order valence-electron chi connectivity index (χ0n) is 13.1. The van der Waals surface area contributed by atoms with Crippen molar-refractivity contribution < 1.29 is 9.90 Å². The number of aromatic carboxylic acids is 1. The van der Waals surface area contributed by atoms with E-state index < -0.39 is 5.97 Å². The lowest BCUT2D eigenvalue weighted by molar-refractivity contribution is 0.0698. The first kappa shape index (κ1) is 14.7. The van der Waals surface area contributed by atoms with Gasteiger partial charge in [-0.05, 0) is 12.8 Å². The summed E-state index contributed by atoms with van der Waals surface area (Å²) in [4.78, 5) is 24.0. The van der Waals surface area contributed by atoms with E-state index >= 15 is 0 Å². The van der Waals surface area contributed by atoms with Gasteiger partial charge in [-0.2, -0.15) is 5.10 Å². The highest BCUT2D eigenvalue weighted by atomic mass is 16.4. The SMILES string of the molecule is O=C(O)c1cnn2c(C3CCCCC3)c(-c3cncnc3)cnc12. The highest BCUT2D eigenvalue weighted by molar-refractivity contribution is 5.94. The van der Waals surface area contributed by atoms with Gasteiger partial charge in [0.05, 0.1) is 11.9 Å². The first-order chi connectivity index (χ1) is 11.8. The van der Waals surface area contributed by atoms with Crippen molar-refractivity contribution in [1.29, 1.82) is 0 Å². The van der Waals surface area contributed by atoms with E-state index in [1.807, 2.05) is 0 Å². The number of fused-ring (bicyclic) bond motifs is 1. The quantitative estimate of drug-likeness (QED) is 0.796. The molecule has 0 unspecified atom stereocenters. The predicted octanol–water partition coefficient (Wildman–Crippen LogP) is 2.93. The van der Waals surface area contributed by atoms with E-state index in [1.165, 1.54) is 31.8 Å². The van der Waals surface area contributed by atoms with Crippen molar-refractivity contribution in [2.75, 3.05) is 0 Å². The van der Waals surface area contributed by atoms with E-state index in [2.05, 4.69) is 20.1 Å². The molecule has 4 rings (SSSR count). The fraction of sp³-hybridized carbons (Fsp3) is 0.353. The Balaban J connectivity index is 1.96. The number of carbonyl (C=O) groups is 1. The van der Waals surface area contributed by atoms with Gasteiger partial charge in [0.2, 0.25) is 0 Å². The molecule has 1 fully saturated rings. The molecule has 0 spiro atoms. The summed E-state index contributed by atoms with van der Waals surface area (Å²) in [6.45, 7) is 0. The van der Waals surface area contributed by atoms with Crippen molar-refractivity contribution in [3.63, 3.8) is 0 Å². The van der Waals surface area contributed by atoms with Gasteiger partial charge >= 0.3 is 5.97 Å². The Morgan fingerprint density at radius 3 is 2.54 bits per heavy atom. The van der Waals surface area contributed by atoms with Crippen LogP contribution in [0.15, 0.2) is 31.1 Å². The third-order valence-corrected chi connectivity index (χ3v) is 4.66. The molecule has 3 aromatic rings. The minimum Gasteiger partial charge on any atom is -0.477 e. The molecule has 3 heterocycles. The normalized spacial score (nSPS) is 15.7. The molecule has 24 heavy (non-hydrogen) atoms. The number of nitrogens with zero attached hydrogens (tertiary/aromatic N) is 5. The summed E-state index contributed by atoms with van der Waals surface area (Å²) in [6.07, 6.45) is 13.8. The third kappa shape index (κ3) is 2.42. The maximum Gasteiger partial charge on any atom is 0.341 e. The average Bonchev–Trinajstić information content (AvgIpc) is 3.06. The molecule has 0 radical (unpaired) electrons. The van der Waals surface area contributed by atoms with Gasteiger partial charge in [-0.25, -0.2) is 24.3 Å². The fourth-order valence-corrected chi connectivity index (χ4v) is 3.53. The van der Waals surface area contributed by atoms with Crippen LogP contribution in [0, 0.1) is 0 Å². The number of aromatic nitrogens is 5. The van der Waals surface area contributed by atoms with Crippen LogP contribution in [0.3, 0.4) is 0 Å². The van der Waals surface area contributed by atoms with Gasteiger partial charge < -0.3 is 5.11 Å². The Morgan fingerprint density at radius 1 is 1.08 bits per heavy atom. The summed E-state index contributed by atoms with van der Waals surface area (Å²) in [5.41, 5.74) is 3.34. The Kier molecular flexibility index (Phi) is 3.68. The summed E-state index contributed by atoms with van der Waals surface area (Å²) < 4.78 is 1.70. The van der Waals surface area contributed by atoms with Crippen LogP contribution >= 0.6 is 0 Å². The van der Waals surface area contributed by atoms with E-state index in [-0.39, 0.29) is 5.56 Å². The van der Waals surface area contributed by atoms with Crippen LogP contribution in [0.5, 0.6) is 0 Å². The second-order valence-corrected chi connectivity index (χ2v) is 6.12. The molecule has 0 atom stereocenters. The standard InChI is InChI=1S/C17H17N5O2/c23-17(24)14-9-21-22-15(11-4-2-1-3-5-11)13(8-20-16(14)22)12-6-18-10-19-7-12/h6-11H,1-5H2,(H,23,24). The number of carboxylic acids is 1. The maximum atomic E-state index is 11.4. The summed E-state index contributed by atoms with van der Waals surface area (Å²) in [5, 5.41) is 13.7. The van der Waals surface area contributed by atoms with E-state index in [1.54, 1.807) is 23.1 Å². The molecule has 3 aromatic heterocycles. The third-order valence-electron chi connectivity index (χ3n) is 4.66. The smallest absolute Gasteiger partial charge is 0.341 e. The van der Waals surface area contributed by atoms with Gasteiger partial charge in [0, 0.05) is 35.6 Å². The Bertz CT molecular complexity index is 885. The Labute approximate surface area is 138 Å². The minimum atomic E-state index is -1.01. The molecular weight excluding hydrogens is 306 g/mol. The van der Waals surface area contributed by atoms with Crippen LogP contribution in [0.2, 0.25) is 0 Å². The van der Waals surface area contributed by atoms with E-state index in [0.717, 1.165) is 29.7 Å². The Hall–Kier alpha value is -2.83. The van der Waals surface area contributed by atoms with Crippen molar-refractivity contribution in [2.24, 2.45) is 0 Å². The first-order valence-electron chi connectivity index (χ1n) is 8.11. The molecule has 0 amide bonds. The van der Waals surface area contributed by atoms with Gasteiger partial charge in [0.25, 0.3) is 0 Å². The second kappa shape index (κ2) is 5.99. The molecule has 0 saturated heterocycles. The van der Waals surface area contributed by atoms with Crippen molar-refractivity contribution in [3.05, 3.63) is 42.4 Å². The molecule has 1 saturated carbocycles. The molecule has 0 bridgehead atoms. The molecule has 1 aliphatic carbocycles. The highest BCUT2D eigenvalue weighted by Crippen LogP contribution is 2.37. The fourth-order valence-electron chi connectivity index (χ4n) is 3.53. The minimum absolute atomic E-state index is 0.128. The number of hydrogen-bond acceptors (Lipinski definition) is 5. The molecule has 0 aliphatic heterocycles. The predicted molar refractivity (Wildman–Crippen MR) is 86.8 cm³/mol. The topological polar surface area (TPSA) is 93.3 Å². The molecule has 7 heteroatoms. The monoisotopic (exact) mass is 323 g/mol. The lowest BCUT2D eigenvalue weighted by Crippen LogP contribution is -2.13. The lowest BCUT2D eigenvalue weighted by Gasteiger charge is -2.24. The van der Waals surface area contributed by atoms with E-state index in [0.29, 0.717) is 11.6 Å². The van der Waals surface area contributed by atoms with Crippen molar-refractivity contribution in [1.82, 2.24) is 24.6 Å². The zero-order valence-corrected chi connectivity index (χ0v) is 13.1. The molecule has 1 N–H and O–H groups in total. The molecule has 7 nitrogen and oxygen atoms in total. The van der Waals surface area contributed by atoms with Crippen LogP contribution in [-0.2, 0) is 0 Å². The molecule has 1 aliphatic rings. The lowest BCUT2D eigenvalue weighted by atomic mass is 9.84. The summed E-state index contributed by atoms with van der Waals surface area (Å²) in [6, 6.07) is 0. The summed E-state index contributed by atoms with van der Waals surface area (Å²) in [5.74, 6) is -0.677. The van der Waals surface area contributed by atoms with Gasteiger partial charge in [0.15, 0.2) is 5.65 Å². The number of carboxylic acid groups (broad SMARTS) is 1. The van der Waals surface area contributed by atoms with Crippen molar-refractivity contribution in [2.45, 2.75) is 38.0 Å². The number of rotatable bonds is 3. The Morgan fingerprint density at radius 2 is 1.83 bits per heavy atom. The molecule has 0 aromatic carbocycles. The highest BCUT2D eigenvalue weighted by Gasteiger charge is 2.25. The summed E-state index contributed by atoms with van der Waals surface area (Å²) >= 11 is 0. The molecule has 122 valence electrons. The summed E-state index contributed by atoms with van der Waals surface area (Å²) in [7, 11) is 0. The van der Waals surface area contributed by atoms with Gasteiger partial charge in [-0.3, -0.25) is 0 Å². The van der Waals surface area contributed by atoms with Crippen LogP contribution in [0.1, 0.15) is 54.1 Å². The van der Waals surface area contributed by atoms with Gasteiger partial charge in [-0.1, -0.05) is 19.3 Å². The van der Waals surface area contributed by atoms with Crippen molar-refractivity contribution in [3.8, 4) is 11.1 Å². The van der Waals surface area contributed by atoms with E-state index in [4.69, 9.17) is 0 Å². The molecular formula is C17H17N5O2. The number of hydrogen-bond donors (Lipinski definition) is 1. The van der Waals surface area contributed by atoms with Crippen LogP contribution in [0.4, 0.5) is 0 Å². The second-order valence-electron chi connectivity index (χ2n) is 6.12. The van der Waals surface area contributed by atoms with Gasteiger partial charge in [-0.15, -0.1) is 0 Å². The van der Waals surface area contributed by atoms with Crippen molar-refractivity contribution >= 4 is 11.6 Å². The van der Waals surface area contributed by atoms with Crippen LogP contribution in [0.25, 0.3) is 16.8 Å². The largest absolute Gasteiger partial charge is 0.477 e.